The fourth-order valence-electron chi connectivity index (χ4n) is 3.04. The Morgan fingerprint density at radius 1 is 0.931 bits per heavy atom. The van der Waals surface area contributed by atoms with Crippen LogP contribution in [-0.2, 0) is 0 Å². The Morgan fingerprint density at radius 2 is 1.79 bits per heavy atom. The number of amides is 1. The molecule has 1 N–H and O–H groups in total. The van der Waals surface area contributed by atoms with Crippen molar-refractivity contribution in [3.63, 3.8) is 0 Å². The summed E-state index contributed by atoms with van der Waals surface area (Å²) in [6.45, 7) is 0. The van der Waals surface area contributed by atoms with Gasteiger partial charge in [-0.2, -0.15) is 0 Å². The van der Waals surface area contributed by atoms with Crippen LogP contribution in [0.1, 0.15) is 10.6 Å². The van der Waals surface area contributed by atoms with Gasteiger partial charge in [0.15, 0.2) is 5.76 Å². The minimum absolute atomic E-state index is 0.264. The van der Waals surface area contributed by atoms with Gasteiger partial charge in [-0.3, -0.25) is 9.78 Å². The number of aromatic nitrogens is 2. The first-order chi connectivity index (χ1) is 14.3. The molecule has 0 atom stereocenters. The first-order valence-electron chi connectivity index (χ1n) is 9.04. The topological polar surface area (TPSA) is 68.0 Å². The Morgan fingerprint density at radius 3 is 2.66 bits per heavy atom. The van der Waals surface area contributed by atoms with Crippen LogP contribution in [0.2, 0.25) is 0 Å². The van der Waals surface area contributed by atoms with Crippen molar-refractivity contribution in [2.45, 2.75) is 0 Å². The van der Waals surface area contributed by atoms with Gasteiger partial charge in [-0.25, -0.2) is 4.98 Å². The summed E-state index contributed by atoms with van der Waals surface area (Å²) < 4.78 is 6.76. The molecule has 0 spiro atoms. The molecule has 0 unspecified atom stereocenters. The van der Waals surface area contributed by atoms with E-state index in [-0.39, 0.29) is 11.7 Å². The number of fused-ring (bicyclic) bond motifs is 1. The Bertz CT molecular complexity index is 1270. The Hall–Kier alpha value is -3.77. The van der Waals surface area contributed by atoms with Gasteiger partial charge in [0.25, 0.3) is 5.91 Å². The average molecular weight is 397 g/mol. The molecule has 140 valence electrons. The van der Waals surface area contributed by atoms with Crippen molar-refractivity contribution in [2.24, 2.45) is 0 Å². The van der Waals surface area contributed by atoms with Gasteiger partial charge in [-0.15, -0.1) is 11.3 Å². The van der Waals surface area contributed by atoms with E-state index < -0.39 is 0 Å². The summed E-state index contributed by atoms with van der Waals surface area (Å²) in [6, 6.07) is 22.7. The van der Waals surface area contributed by atoms with Crippen LogP contribution in [0.3, 0.4) is 0 Å². The van der Waals surface area contributed by atoms with Gasteiger partial charge in [0.2, 0.25) is 0 Å². The number of pyridine rings is 1. The van der Waals surface area contributed by atoms with Crippen LogP contribution in [-0.4, -0.2) is 15.9 Å². The first kappa shape index (κ1) is 17.3. The molecule has 0 aliphatic heterocycles. The highest BCUT2D eigenvalue weighted by molar-refractivity contribution is 7.21. The highest BCUT2D eigenvalue weighted by Crippen LogP contribution is 2.31. The van der Waals surface area contributed by atoms with E-state index in [2.05, 4.69) is 15.3 Å². The molecule has 5 nitrogen and oxygen atoms in total. The molecule has 0 saturated carbocycles. The maximum absolute atomic E-state index is 12.6. The third kappa shape index (κ3) is 3.53. The molecule has 6 heteroatoms. The summed E-state index contributed by atoms with van der Waals surface area (Å²) in [6.07, 6.45) is 3.54. The molecule has 1 amide bonds. The predicted octanol–water partition coefficient (Wildman–Crippen LogP) is 5.87. The zero-order chi connectivity index (χ0) is 19.6. The van der Waals surface area contributed by atoms with Gasteiger partial charge in [-0.05, 0) is 30.3 Å². The van der Waals surface area contributed by atoms with Crippen molar-refractivity contribution < 1.29 is 9.21 Å². The lowest BCUT2D eigenvalue weighted by Crippen LogP contribution is -2.10. The largest absolute Gasteiger partial charge is 0.451 e. The third-order valence-corrected chi connectivity index (χ3v) is 5.50. The van der Waals surface area contributed by atoms with E-state index in [1.54, 1.807) is 29.7 Å². The molecular formula is C23H15N3O2S. The summed E-state index contributed by atoms with van der Waals surface area (Å²) in [7, 11) is 0. The SMILES string of the molecule is O=C(Nc1cccc(-c2nc3ccncc3s2)c1)c1ccc(-c2ccccc2)o1. The third-order valence-electron chi connectivity index (χ3n) is 4.45. The molecule has 0 saturated heterocycles. The minimum Gasteiger partial charge on any atom is -0.451 e. The van der Waals surface area contributed by atoms with E-state index in [0.717, 1.165) is 26.4 Å². The molecule has 0 radical (unpaired) electrons. The molecule has 2 aromatic carbocycles. The monoisotopic (exact) mass is 397 g/mol. The number of furan rings is 1. The summed E-state index contributed by atoms with van der Waals surface area (Å²) in [5.41, 5.74) is 3.47. The van der Waals surface area contributed by atoms with Crippen LogP contribution >= 0.6 is 11.3 Å². The molecule has 0 aliphatic carbocycles. The predicted molar refractivity (Wildman–Crippen MR) is 115 cm³/mol. The molecule has 0 fully saturated rings. The van der Waals surface area contributed by atoms with E-state index in [1.807, 2.05) is 66.9 Å². The van der Waals surface area contributed by atoms with Crippen LogP contribution < -0.4 is 5.32 Å². The molecule has 5 aromatic rings. The Kier molecular flexibility index (Phi) is 4.38. The first-order valence-corrected chi connectivity index (χ1v) is 9.85. The summed E-state index contributed by atoms with van der Waals surface area (Å²) in [5.74, 6) is 0.630. The molecule has 3 aromatic heterocycles. The van der Waals surface area contributed by atoms with Gasteiger partial charge in [0.05, 0.1) is 10.2 Å². The van der Waals surface area contributed by atoms with Gasteiger partial charge >= 0.3 is 0 Å². The number of rotatable bonds is 4. The number of thiazole rings is 1. The van der Waals surface area contributed by atoms with Crippen LogP contribution in [0.25, 0.3) is 32.1 Å². The fraction of sp³-hybridized carbons (Fsp3) is 0. The van der Waals surface area contributed by atoms with Gasteiger partial charge in [-0.1, -0.05) is 42.5 Å². The summed E-state index contributed by atoms with van der Waals surface area (Å²) in [4.78, 5) is 21.4. The van der Waals surface area contributed by atoms with Gasteiger partial charge in [0.1, 0.15) is 10.8 Å². The second-order valence-corrected chi connectivity index (χ2v) is 7.46. The average Bonchev–Trinajstić information content (AvgIpc) is 3.42. The molecular weight excluding hydrogens is 382 g/mol. The Labute approximate surface area is 170 Å². The lowest BCUT2D eigenvalue weighted by Gasteiger charge is -2.05. The molecule has 3 heterocycles. The van der Waals surface area contributed by atoms with Crippen molar-refractivity contribution in [3.05, 3.63) is 91.0 Å². The summed E-state index contributed by atoms with van der Waals surface area (Å²) >= 11 is 1.57. The van der Waals surface area contributed by atoms with Crippen molar-refractivity contribution in [1.82, 2.24) is 9.97 Å². The van der Waals surface area contributed by atoms with Crippen molar-refractivity contribution in [1.29, 1.82) is 0 Å². The van der Waals surface area contributed by atoms with Gasteiger partial charge < -0.3 is 9.73 Å². The van der Waals surface area contributed by atoms with Crippen LogP contribution in [0.4, 0.5) is 5.69 Å². The number of nitrogens with zero attached hydrogens (tertiary/aromatic N) is 2. The molecule has 5 rings (SSSR count). The van der Waals surface area contributed by atoms with Crippen LogP contribution in [0.5, 0.6) is 0 Å². The number of hydrogen-bond acceptors (Lipinski definition) is 5. The lowest BCUT2D eigenvalue weighted by atomic mass is 10.2. The highest BCUT2D eigenvalue weighted by Gasteiger charge is 2.13. The van der Waals surface area contributed by atoms with E-state index in [1.165, 1.54) is 0 Å². The quantitative estimate of drug-likeness (QED) is 0.412. The number of benzene rings is 2. The van der Waals surface area contributed by atoms with Crippen molar-refractivity contribution >= 4 is 33.1 Å². The van der Waals surface area contributed by atoms with E-state index >= 15 is 0 Å². The van der Waals surface area contributed by atoms with Crippen molar-refractivity contribution in [3.8, 4) is 21.9 Å². The second kappa shape index (κ2) is 7.33. The minimum atomic E-state index is -0.294. The Balaban J connectivity index is 1.38. The van der Waals surface area contributed by atoms with E-state index in [4.69, 9.17) is 4.42 Å². The normalized spacial score (nSPS) is 10.9. The van der Waals surface area contributed by atoms with Crippen molar-refractivity contribution in [2.75, 3.05) is 5.32 Å². The summed E-state index contributed by atoms with van der Waals surface area (Å²) in [5, 5.41) is 3.78. The number of nitrogens with one attached hydrogen (secondary N) is 1. The maximum atomic E-state index is 12.6. The molecule has 29 heavy (non-hydrogen) atoms. The number of carbonyl (C=O) groups excluding carboxylic acids is 1. The van der Waals surface area contributed by atoms with E-state index in [0.29, 0.717) is 11.4 Å². The van der Waals surface area contributed by atoms with Crippen LogP contribution in [0, 0.1) is 0 Å². The van der Waals surface area contributed by atoms with Gasteiger partial charge in [0, 0.05) is 29.2 Å². The van der Waals surface area contributed by atoms with E-state index in [9.17, 15) is 4.79 Å². The lowest BCUT2D eigenvalue weighted by molar-refractivity contribution is 0.0997. The van der Waals surface area contributed by atoms with Crippen LogP contribution in [0.15, 0.2) is 89.6 Å². The maximum Gasteiger partial charge on any atom is 0.291 e. The standard InChI is InChI=1S/C23H15N3O2S/c27-22(20-10-9-19(28-20)15-5-2-1-3-6-15)25-17-8-4-7-16(13-17)23-26-18-11-12-24-14-21(18)29-23/h1-14H,(H,25,27). The zero-order valence-corrected chi connectivity index (χ0v) is 16.0. The molecule has 0 aliphatic rings. The smallest absolute Gasteiger partial charge is 0.291 e. The highest BCUT2D eigenvalue weighted by atomic mass is 32.1. The number of anilines is 1. The second-order valence-electron chi connectivity index (χ2n) is 6.43. The number of carbonyl (C=O) groups is 1. The number of hydrogen-bond donors (Lipinski definition) is 1. The zero-order valence-electron chi connectivity index (χ0n) is 15.2. The fourth-order valence-corrected chi connectivity index (χ4v) is 3.97. The molecule has 0 bridgehead atoms.